The summed E-state index contributed by atoms with van der Waals surface area (Å²) in [5, 5.41) is 11.9. The third-order valence-corrected chi connectivity index (χ3v) is 3.78. The van der Waals surface area contributed by atoms with Crippen LogP contribution in [0.5, 0.6) is 5.75 Å². The summed E-state index contributed by atoms with van der Waals surface area (Å²) in [6.45, 7) is 5.81. The highest BCUT2D eigenvalue weighted by atomic mass is 19.1. The third kappa shape index (κ3) is 4.94. The number of carbonyl (C=O) groups excluding carboxylic acids is 1. The van der Waals surface area contributed by atoms with Crippen LogP contribution in [0.25, 0.3) is 0 Å². The van der Waals surface area contributed by atoms with Gasteiger partial charge in [0, 0.05) is 5.92 Å². The Bertz CT molecular complexity index is 560. The standard InChI is InChI=1S/C17H24FNO4/c1-5-6-12(10(2)3)16(20)19-15(17(21)22)11-7-8-14(23-4)13(18)9-11/h7-10,12,15H,5-6H2,1-4H3,(H,19,20)(H,21,22). The first-order valence-electron chi connectivity index (χ1n) is 7.68. The summed E-state index contributed by atoms with van der Waals surface area (Å²) >= 11 is 0. The van der Waals surface area contributed by atoms with Crippen molar-refractivity contribution in [2.75, 3.05) is 7.11 Å². The van der Waals surface area contributed by atoms with Crippen LogP contribution in [0.4, 0.5) is 4.39 Å². The Hall–Kier alpha value is -2.11. The van der Waals surface area contributed by atoms with Crippen LogP contribution in [0, 0.1) is 17.7 Å². The molecule has 1 aromatic carbocycles. The van der Waals surface area contributed by atoms with Gasteiger partial charge >= 0.3 is 5.97 Å². The zero-order valence-corrected chi connectivity index (χ0v) is 13.9. The maximum Gasteiger partial charge on any atom is 0.330 e. The van der Waals surface area contributed by atoms with Gasteiger partial charge in [-0.2, -0.15) is 0 Å². The van der Waals surface area contributed by atoms with Gasteiger partial charge in [-0.25, -0.2) is 9.18 Å². The van der Waals surface area contributed by atoms with Crippen LogP contribution in [0.1, 0.15) is 45.2 Å². The topological polar surface area (TPSA) is 75.6 Å². The lowest BCUT2D eigenvalue weighted by atomic mass is 9.90. The molecule has 128 valence electrons. The van der Waals surface area contributed by atoms with Gasteiger partial charge < -0.3 is 15.2 Å². The fraction of sp³-hybridized carbons (Fsp3) is 0.529. The molecule has 0 aromatic heterocycles. The molecule has 2 N–H and O–H groups in total. The highest BCUT2D eigenvalue weighted by Gasteiger charge is 2.28. The van der Waals surface area contributed by atoms with Crippen molar-refractivity contribution in [3.63, 3.8) is 0 Å². The van der Waals surface area contributed by atoms with E-state index in [1.807, 2.05) is 20.8 Å². The number of carboxylic acid groups (broad SMARTS) is 1. The molecule has 0 aliphatic carbocycles. The summed E-state index contributed by atoms with van der Waals surface area (Å²) in [5.41, 5.74) is 0.170. The average Bonchev–Trinajstić information content (AvgIpc) is 2.49. The predicted molar refractivity (Wildman–Crippen MR) is 84.7 cm³/mol. The molecule has 6 heteroatoms. The van der Waals surface area contributed by atoms with Crippen LogP contribution >= 0.6 is 0 Å². The largest absolute Gasteiger partial charge is 0.494 e. The molecule has 0 saturated carbocycles. The van der Waals surface area contributed by atoms with Crippen molar-refractivity contribution in [1.29, 1.82) is 0 Å². The van der Waals surface area contributed by atoms with Gasteiger partial charge in [0.2, 0.25) is 5.91 Å². The van der Waals surface area contributed by atoms with Crippen molar-refractivity contribution in [3.05, 3.63) is 29.6 Å². The van der Waals surface area contributed by atoms with Crippen LogP contribution in [-0.2, 0) is 9.59 Å². The third-order valence-electron chi connectivity index (χ3n) is 3.78. The Morgan fingerprint density at radius 2 is 2.00 bits per heavy atom. The zero-order chi connectivity index (χ0) is 17.6. The number of nitrogens with one attached hydrogen (secondary N) is 1. The number of aliphatic carboxylic acids is 1. The van der Waals surface area contributed by atoms with E-state index in [-0.39, 0.29) is 29.1 Å². The number of carboxylic acids is 1. The van der Waals surface area contributed by atoms with E-state index < -0.39 is 17.8 Å². The number of benzene rings is 1. The van der Waals surface area contributed by atoms with Crippen LogP contribution in [0.2, 0.25) is 0 Å². The maximum absolute atomic E-state index is 13.8. The smallest absolute Gasteiger partial charge is 0.330 e. The molecule has 0 fully saturated rings. The number of hydrogen-bond acceptors (Lipinski definition) is 3. The highest BCUT2D eigenvalue weighted by Crippen LogP contribution is 2.24. The number of methoxy groups -OCH3 is 1. The van der Waals surface area contributed by atoms with E-state index in [0.29, 0.717) is 6.42 Å². The second-order valence-electron chi connectivity index (χ2n) is 5.81. The van der Waals surface area contributed by atoms with E-state index in [4.69, 9.17) is 4.74 Å². The zero-order valence-electron chi connectivity index (χ0n) is 13.9. The molecule has 5 nitrogen and oxygen atoms in total. The predicted octanol–water partition coefficient (Wildman–Crippen LogP) is 3.15. The molecular formula is C17H24FNO4. The molecule has 0 aliphatic heterocycles. The minimum absolute atomic E-state index is 0.0234. The fourth-order valence-corrected chi connectivity index (χ4v) is 2.48. The lowest BCUT2D eigenvalue weighted by molar-refractivity contribution is -0.143. The first-order valence-corrected chi connectivity index (χ1v) is 7.68. The van der Waals surface area contributed by atoms with Crippen LogP contribution < -0.4 is 10.1 Å². The number of carbonyl (C=O) groups is 2. The Morgan fingerprint density at radius 3 is 2.43 bits per heavy atom. The van der Waals surface area contributed by atoms with Gasteiger partial charge in [-0.1, -0.05) is 33.3 Å². The van der Waals surface area contributed by atoms with Crippen LogP contribution in [0.15, 0.2) is 18.2 Å². The van der Waals surface area contributed by atoms with Crippen LogP contribution in [0.3, 0.4) is 0 Å². The lowest BCUT2D eigenvalue weighted by Crippen LogP contribution is -2.39. The molecule has 0 radical (unpaired) electrons. The van der Waals surface area contributed by atoms with E-state index in [2.05, 4.69) is 5.32 Å². The molecular weight excluding hydrogens is 301 g/mol. The molecule has 2 unspecified atom stereocenters. The molecule has 0 heterocycles. The number of ether oxygens (including phenoxy) is 1. The SMILES string of the molecule is CCCC(C(=O)NC(C(=O)O)c1ccc(OC)c(F)c1)C(C)C. The summed E-state index contributed by atoms with van der Waals surface area (Å²) in [6.07, 6.45) is 1.50. The molecule has 2 atom stereocenters. The van der Waals surface area contributed by atoms with Crippen molar-refractivity contribution in [3.8, 4) is 5.75 Å². The number of hydrogen-bond donors (Lipinski definition) is 2. The molecule has 0 spiro atoms. The summed E-state index contributed by atoms with van der Waals surface area (Å²) in [7, 11) is 1.33. The second kappa shape index (κ2) is 8.50. The van der Waals surface area contributed by atoms with Crippen molar-refractivity contribution >= 4 is 11.9 Å². The average molecular weight is 325 g/mol. The fourth-order valence-electron chi connectivity index (χ4n) is 2.48. The summed E-state index contributed by atoms with van der Waals surface area (Å²) in [6, 6.07) is 2.56. The molecule has 23 heavy (non-hydrogen) atoms. The lowest BCUT2D eigenvalue weighted by Gasteiger charge is -2.23. The number of amides is 1. The van der Waals surface area contributed by atoms with Crippen molar-refractivity contribution in [1.82, 2.24) is 5.32 Å². The monoisotopic (exact) mass is 325 g/mol. The van der Waals surface area contributed by atoms with Gasteiger partial charge in [0.1, 0.15) is 0 Å². The molecule has 1 rings (SSSR count). The Kier molecular flexibility index (Phi) is 7.00. The quantitative estimate of drug-likeness (QED) is 0.770. The van der Waals surface area contributed by atoms with E-state index >= 15 is 0 Å². The highest BCUT2D eigenvalue weighted by molar-refractivity contribution is 5.86. The summed E-state index contributed by atoms with van der Waals surface area (Å²) < 4.78 is 18.6. The number of rotatable bonds is 8. The summed E-state index contributed by atoms with van der Waals surface area (Å²) in [5.74, 6) is -2.39. The van der Waals surface area contributed by atoms with E-state index in [0.717, 1.165) is 12.5 Å². The van der Waals surface area contributed by atoms with Crippen molar-refractivity contribution in [2.45, 2.75) is 39.7 Å². The molecule has 0 aliphatic rings. The van der Waals surface area contributed by atoms with Gasteiger partial charge in [0.15, 0.2) is 17.6 Å². The molecule has 0 saturated heterocycles. The minimum atomic E-state index is -1.29. The molecule has 1 amide bonds. The van der Waals surface area contributed by atoms with Gasteiger partial charge in [-0.3, -0.25) is 4.79 Å². The summed E-state index contributed by atoms with van der Waals surface area (Å²) in [4.78, 5) is 23.9. The Morgan fingerprint density at radius 1 is 1.35 bits per heavy atom. The molecule has 0 bridgehead atoms. The van der Waals surface area contributed by atoms with Crippen LogP contribution in [-0.4, -0.2) is 24.1 Å². The first-order chi connectivity index (χ1) is 10.8. The number of halogens is 1. The van der Waals surface area contributed by atoms with Crippen molar-refractivity contribution in [2.24, 2.45) is 11.8 Å². The van der Waals surface area contributed by atoms with E-state index in [9.17, 15) is 19.1 Å². The maximum atomic E-state index is 13.8. The van der Waals surface area contributed by atoms with Gasteiger partial charge in [-0.15, -0.1) is 0 Å². The Labute approximate surface area is 135 Å². The second-order valence-corrected chi connectivity index (χ2v) is 5.81. The Balaban J connectivity index is 3.01. The van der Waals surface area contributed by atoms with E-state index in [1.165, 1.54) is 19.2 Å². The van der Waals surface area contributed by atoms with Crippen molar-refractivity contribution < 1.29 is 23.8 Å². The normalized spacial score (nSPS) is 13.5. The molecule has 1 aromatic rings. The van der Waals surface area contributed by atoms with Gasteiger partial charge in [-0.05, 0) is 30.0 Å². The first kappa shape index (κ1) is 18.9. The minimum Gasteiger partial charge on any atom is -0.494 e. The van der Waals surface area contributed by atoms with Gasteiger partial charge in [0.05, 0.1) is 7.11 Å². The van der Waals surface area contributed by atoms with Gasteiger partial charge in [0.25, 0.3) is 0 Å². The van der Waals surface area contributed by atoms with E-state index in [1.54, 1.807) is 0 Å².